The number of likely N-dealkylation sites (tertiary alicyclic amines) is 1. The summed E-state index contributed by atoms with van der Waals surface area (Å²) in [7, 11) is 0. The molecule has 2 aromatic carbocycles. The summed E-state index contributed by atoms with van der Waals surface area (Å²) in [5.41, 5.74) is 7.17. The predicted octanol–water partition coefficient (Wildman–Crippen LogP) is 5.34. The molecule has 1 atom stereocenters. The third-order valence-electron chi connectivity index (χ3n) is 6.18. The minimum absolute atomic E-state index is 0.126. The molecule has 2 amide bonds. The number of ether oxygens (including phenoxy) is 3. The van der Waals surface area contributed by atoms with Crippen LogP contribution >= 0.6 is 0 Å². The first kappa shape index (κ1) is 25.1. The second-order valence-electron chi connectivity index (χ2n) is 10.3. The number of anilines is 1. The van der Waals surface area contributed by atoms with Crippen LogP contribution in [-0.4, -0.2) is 47.1 Å². The highest BCUT2D eigenvalue weighted by atomic mass is 16.6. The van der Waals surface area contributed by atoms with Crippen molar-refractivity contribution in [3.05, 3.63) is 84.2 Å². The Hall–Kier alpha value is -4.53. The Morgan fingerprint density at radius 3 is 2.24 bits per heavy atom. The smallest absolute Gasteiger partial charge is 0.410 e. The summed E-state index contributed by atoms with van der Waals surface area (Å²) in [6.07, 6.45) is 3.35. The van der Waals surface area contributed by atoms with Gasteiger partial charge < -0.3 is 29.7 Å². The molecule has 1 unspecified atom stereocenters. The van der Waals surface area contributed by atoms with E-state index in [2.05, 4.69) is 4.98 Å². The standard InChI is InChI=1S/C29H30N4O5/c1-29(2,3)38-28(35)33-17-19-15-32(16-20(19)18-33)21-13-25(26(30)34)27(31-14-21)37-24-11-9-23(10-12-24)36-22-7-5-4-6-8-22/h4-15,20H,16-18H2,1-3H3,(H2,30,34). The van der Waals surface area contributed by atoms with Gasteiger partial charge in [0.2, 0.25) is 5.88 Å². The lowest BCUT2D eigenvalue weighted by Gasteiger charge is -2.25. The van der Waals surface area contributed by atoms with Gasteiger partial charge in [-0.05, 0) is 68.8 Å². The number of para-hydroxylation sites is 1. The van der Waals surface area contributed by atoms with E-state index in [1.54, 1.807) is 41.4 Å². The molecular formula is C29H30N4O5. The number of pyridine rings is 1. The molecule has 196 valence electrons. The minimum Gasteiger partial charge on any atom is -0.457 e. The fourth-order valence-corrected chi connectivity index (χ4v) is 4.42. The van der Waals surface area contributed by atoms with E-state index in [-0.39, 0.29) is 23.5 Å². The van der Waals surface area contributed by atoms with E-state index < -0.39 is 11.5 Å². The largest absolute Gasteiger partial charge is 0.457 e. The summed E-state index contributed by atoms with van der Waals surface area (Å²) in [6, 6.07) is 18.2. The maximum absolute atomic E-state index is 12.4. The van der Waals surface area contributed by atoms with Crippen LogP contribution in [0.1, 0.15) is 31.1 Å². The fourth-order valence-electron chi connectivity index (χ4n) is 4.42. The van der Waals surface area contributed by atoms with E-state index in [0.29, 0.717) is 31.1 Å². The second kappa shape index (κ2) is 10.1. The van der Waals surface area contributed by atoms with Gasteiger partial charge in [0.15, 0.2) is 0 Å². The van der Waals surface area contributed by atoms with Crippen LogP contribution < -0.4 is 20.1 Å². The van der Waals surface area contributed by atoms with Crippen LogP contribution in [0.5, 0.6) is 23.1 Å². The Bertz CT molecular complexity index is 1370. The molecule has 3 heterocycles. The van der Waals surface area contributed by atoms with Crippen LogP contribution in [-0.2, 0) is 4.74 Å². The molecule has 2 aliphatic rings. The van der Waals surface area contributed by atoms with Crippen molar-refractivity contribution in [2.75, 3.05) is 24.5 Å². The van der Waals surface area contributed by atoms with Gasteiger partial charge in [0.05, 0.1) is 11.9 Å². The summed E-state index contributed by atoms with van der Waals surface area (Å²) < 4.78 is 17.2. The summed E-state index contributed by atoms with van der Waals surface area (Å²) in [6.45, 7) is 7.33. The van der Waals surface area contributed by atoms with Gasteiger partial charge in [0, 0.05) is 31.8 Å². The molecule has 2 aliphatic heterocycles. The van der Waals surface area contributed by atoms with Crippen LogP contribution in [0.25, 0.3) is 0 Å². The van der Waals surface area contributed by atoms with Crippen molar-refractivity contribution >= 4 is 17.7 Å². The SMILES string of the molecule is CC(C)(C)OC(=O)N1CC2=CN(c3cnc(Oc4ccc(Oc5ccccc5)cc4)c(C(N)=O)c3)CC2C1. The van der Waals surface area contributed by atoms with Crippen molar-refractivity contribution in [2.24, 2.45) is 11.7 Å². The minimum atomic E-state index is -0.637. The van der Waals surface area contributed by atoms with E-state index >= 15 is 0 Å². The van der Waals surface area contributed by atoms with Gasteiger partial charge >= 0.3 is 6.09 Å². The average Bonchev–Trinajstić information content (AvgIpc) is 3.45. The number of amides is 2. The molecule has 3 aromatic rings. The summed E-state index contributed by atoms with van der Waals surface area (Å²) in [5.74, 6) is 1.55. The summed E-state index contributed by atoms with van der Waals surface area (Å²) in [5, 5.41) is 0. The number of rotatable bonds is 6. The van der Waals surface area contributed by atoms with Gasteiger partial charge in [0.1, 0.15) is 28.4 Å². The van der Waals surface area contributed by atoms with Crippen molar-refractivity contribution in [3.8, 4) is 23.1 Å². The Balaban J connectivity index is 1.26. The molecule has 38 heavy (non-hydrogen) atoms. The van der Waals surface area contributed by atoms with Crippen molar-refractivity contribution in [1.82, 2.24) is 9.88 Å². The van der Waals surface area contributed by atoms with Crippen LogP contribution in [0.3, 0.4) is 0 Å². The lowest BCUT2D eigenvalue weighted by Crippen LogP contribution is -2.36. The topological polar surface area (TPSA) is 107 Å². The highest BCUT2D eigenvalue weighted by molar-refractivity contribution is 5.96. The highest BCUT2D eigenvalue weighted by Crippen LogP contribution is 2.35. The number of hydrogen-bond acceptors (Lipinski definition) is 7. The third-order valence-corrected chi connectivity index (χ3v) is 6.18. The van der Waals surface area contributed by atoms with Crippen molar-refractivity contribution in [2.45, 2.75) is 26.4 Å². The van der Waals surface area contributed by atoms with Gasteiger partial charge in [-0.25, -0.2) is 9.78 Å². The summed E-state index contributed by atoms with van der Waals surface area (Å²) in [4.78, 5) is 32.8. The van der Waals surface area contributed by atoms with Gasteiger partial charge in [-0.2, -0.15) is 0 Å². The maximum Gasteiger partial charge on any atom is 0.410 e. The first-order valence-corrected chi connectivity index (χ1v) is 12.4. The highest BCUT2D eigenvalue weighted by Gasteiger charge is 2.37. The maximum atomic E-state index is 12.4. The van der Waals surface area contributed by atoms with Crippen LogP contribution in [0.15, 0.2) is 78.6 Å². The first-order chi connectivity index (χ1) is 18.1. The van der Waals surface area contributed by atoms with Gasteiger partial charge in [-0.15, -0.1) is 0 Å². The molecule has 9 nitrogen and oxygen atoms in total. The number of benzene rings is 2. The van der Waals surface area contributed by atoms with Gasteiger partial charge in [0.25, 0.3) is 5.91 Å². The predicted molar refractivity (Wildman–Crippen MR) is 143 cm³/mol. The number of nitrogens with zero attached hydrogens (tertiary/aromatic N) is 3. The number of hydrogen-bond donors (Lipinski definition) is 1. The number of carbonyl (C=O) groups excluding carboxylic acids is 2. The lowest BCUT2D eigenvalue weighted by atomic mass is 10.1. The Labute approximate surface area is 221 Å². The van der Waals surface area contributed by atoms with E-state index in [0.717, 1.165) is 17.0 Å². The quantitative estimate of drug-likeness (QED) is 0.473. The van der Waals surface area contributed by atoms with Gasteiger partial charge in [-0.3, -0.25) is 4.79 Å². The number of carbonyl (C=O) groups is 2. The normalized spacial score (nSPS) is 16.6. The zero-order chi connectivity index (χ0) is 26.9. The molecule has 0 radical (unpaired) electrons. The van der Waals surface area contributed by atoms with Crippen molar-refractivity contribution in [1.29, 1.82) is 0 Å². The molecular weight excluding hydrogens is 484 g/mol. The van der Waals surface area contributed by atoms with Gasteiger partial charge in [-0.1, -0.05) is 18.2 Å². The zero-order valence-electron chi connectivity index (χ0n) is 21.6. The summed E-state index contributed by atoms with van der Waals surface area (Å²) >= 11 is 0. The number of primary amides is 1. The number of fused-ring (bicyclic) bond motifs is 1. The molecule has 9 heteroatoms. The van der Waals surface area contributed by atoms with E-state index in [1.807, 2.05) is 62.2 Å². The first-order valence-electron chi connectivity index (χ1n) is 12.4. The molecule has 0 bridgehead atoms. The van der Waals surface area contributed by atoms with E-state index in [4.69, 9.17) is 19.9 Å². The Kier molecular flexibility index (Phi) is 6.67. The fraction of sp³-hybridized carbons (Fsp3) is 0.276. The van der Waals surface area contributed by atoms with Crippen LogP contribution in [0, 0.1) is 5.92 Å². The Morgan fingerprint density at radius 2 is 1.61 bits per heavy atom. The zero-order valence-corrected chi connectivity index (χ0v) is 21.6. The van der Waals surface area contributed by atoms with Crippen LogP contribution in [0.2, 0.25) is 0 Å². The molecule has 1 aromatic heterocycles. The molecule has 1 fully saturated rings. The molecule has 5 rings (SSSR count). The van der Waals surface area contributed by atoms with Crippen molar-refractivity contribution < 1.29 is 23.8 Å². The number of nitrogens with two attached hydrogens (primary N) is 1. The molecule has 1 saturated heterocycles. The lowest BCUT2D eigenvalue weighted by molar-refractivity contribution is 0.0290. The van der Waals surface area contributed by atoms with E-state index in [9.17, 15) is 9.59 Å². The van der Waals surface area contributed by atoms with Crippen LogP contribution in [0.4, 0.5) is 10.5 Å². The van der Waals surface area contributed by atoms with E-state index in [1.165, 1.54) is 0 Å². The number of aromatic nitrogens is 1. The molecule has 2 N–H and O–H groups in total. The molecule has 0 aliphatic carbocycles. The van der Waals surface area contributed by atoms with Crippen molar-refractivity contribution in [3.63, 3.8) is 0 Å². The Morgan fingerprint density at radius 1 is 0.947 bits per heavy atom. The molecule has 0 saturated carbocycles. The third kappa shape index (κ3) is 5.72. The monoisotopic (exact) mass is 514 g/mol. The molecule has 0 spiro atoms. The second-order valence-corrected chi connectivity index (χ2v) is 10.3. The average molecular weight is 515 g/mol.